The van der Waals surface area contributed by atoms with E-state index in [1.54, 1.807) is 0 Å². The van der Waals surface area contributed by atoms with Crippen molar-refractivity contribution in [3.05, 3.63) is 60.0 Å². The number of fused-ring (bicyclic) bond motifs is 1. The highest BCUT2D eigenvalue weighted by Gasteiger charge is 2.30. The summed E-state index contributed by atoms with van der Waals surface area (Å²) in [5, 5.41) is 6.42. The average Bonchev–Trinajstić information content (AvgIpc) is 3.09. The summed E-state index contributed by atoms with van der Waals surface area (Å²) >= 11 is 0. The topological polar surface area (TPSA) is 76.4 Å². The summed E-state index contributed by atoms with van der Waals surface area (Å²) in [6.07, 6.45) is 1.38. The molecule has 1 aliphatic rings. The first-order chi connectivity index (χ1) is 13.6. The predicted octanol–water partition coefficient (Wildman–Crippen LogP) is 4.82. The van der Waals surface area contributed by atoms with Gasteiger partial charge in [-0.1, -0.05) is 44.2 Å². The molecule has 1 aliphatic carbocycles. The van der Waals surface area contributed by atoms with Crippen molar-refractivity contribution in [2.24, 2.45) is 0 Å². The fourth-order valence-electron chi connectivity index (χ4n) is 3.30. The lowest BCUT2D eigenvalue weighted by Gasteiger charge is -2.36. The third kappa shape index (κ3) is 4.27. The molecule has 1 heterocycles. The Hall–Kier alpha value is -3.02. The first-order valence-electron chi connectivity index (χ1n) is 9.71. The van der Waals surface area contributed by atoms with Crippen LogP contribution in [0.5, 0.6) is 0 Å². The van der Waals surface area contributed by atoms with Gasteiger partial charge in [0, 0.05) is 23.7 Å². The number of rotatable bonds is 6. The quantitative estimate of drug-likeness (QED) is 0.642. The number of nitrogens with one attached hydrogen (secondary N) is 2. The lowest BCUT2D eigenvalue weighted by molar-refractivity contribution is 0.129. The molecule has 0 unspecified atom stereocenters. The molecule has 0 aliphatic heterocycles. The largest absolute Gasteiger partial charge is 0.445 e. The number of alkyl carbamates (subject to hydrolysis) is 1. The van der Waals surface area contributed by atoms with Crippen LogP contribution in [0.1, 0.15) is 44.1 Å². The van der Waals surface area contributed by atoms with Crippen molar-refractivity contribution >= 4 is 22.9 Å². The molecular formula is C22H25N3O3. The van der Waals surface area contributed by atoms with Crippen LogP contribution in [0.25, 0.3) is 11.1 Å². The maximum Gasteiger partial charge on any atom is 0.407 e. The Bertz CT molecular complexity index is 946. The highest BCUT2D eigenvalue weighted by molar-refractivity contribution is 5.77. The van der Waals surface area contributed by atoms with Crippen LogP contribution in [0.3, 0.4) is 0 Å². The predicted molar refractivity (Wildman–Crippen MR) is 108 cm³/mol. The van der Waals surface area contributed by atoms with Gasteiger partial charge in [0.05, 0.1) is 0 Å². The molecule has 0 radical (unpaired) electrons. The molecule has 28 heavy (non-hydrogen) atoms. The maximum absolute atomic E-state index is 11.9. The van der Waals surface area contributed by atoms with Crippen molar-refractivity contribution in [1.29, 1.82) is 0 Å². The smallest absolute Gasteiger partial charge is 0.407 e. The van der Waals surface area contributed by atoms with Crippen molar-refractivity contribution in [2.45, 2.75) is 51.3 Å². The average molecular weight is 379 g/mol. The van der Waals surface area contributed by atoms with Gasteiger partial charge in [0.25, 0.3) is 0 Å². The summed E-state index contributed by atoms with van der Waals surface area (Å²) in [7, 11) is 0. The highest BCUT2D eigenvalue weighted by Crippen LogP contribution is 2.28. The summed E-state index contributed by atoms with van der Waals surface area (Å²) in [5.41, 5.74) is 3.68. The van der Waals surface area contributed by atoms with Crippen LogP contribution in [0.2, 0.25) is 0 Å². The second-order valence-electron chi connectivity index (χ2n) is 7.60. The van der Waals surface area contributed by atoms with Crippen molar-refractivity contribution in [1.82, 2.24) is 10.3 Å². The third-order valence-electron chi connectivity index (χ3n) is 4.94. The Labute approximate surface area is 164 Å². The molecule has 1 saturated carbocycles. The van der Waals surface area contributed by atoms with E-state index in [9.17, 15) is 4.79 Å². The number of nitrogens with zero attached hydrogens (tertiary/aromatic N) is 1. The molecule has 2 aromatic carbocycles. The number of benzene rings is 2. The summed E-state index contributed by atoms with van der Waals surface area (Å²) in [4.78, 5) is 16.5. The van der Waals surface area contributed by atoms with Gasteiger partial charge in [-0.2, -0.15) is 0 Å². The van der Waals surface area contributed by atoms with E-state index in [0.717, 1.165) is 41.1 Å². The van der Waals surface area contributed by atoms with Crippen LogP contribution < -0.4 is 10.6 Å². The van der Waals surface area contributed by atoms with Crippen LogP contribution in [0.4, 0.5) is 10.5 Å². The molecule has 1 fully saturated rings. The Morgan fingerprint density at radius 3 is 2.71 bits per heavy atom. The van der Waals surface area contributed by atoms with Gasteiger partial charge in [-0.25, -0.2) is 9.78 Å². The molecule has 0 bridgehead atoms. The van der Waals surface area contributed by atoms with E-state index in [1.165, 1.54) is 0 Å². The van der Waals surface area contributed by atoms with Crippen LogP contribution >= 0.6 is 0 Å². The number of hydrogen-bond donors (Lipinski definition) is 2. The van der Waals surface area contributed by atoms with E-state index in [4.69, 9.17) is 9.15 Å². The molecule has 146 valence electrons. The number of aromatic nitrogens is 1. The van der Waals surface area contributed by atoms with Gasteiger partial charge in [0.1, 0.15) is 12.1 Å². The maximum atomic E-state index is 11.9. The standard InChI is InChI=1S/C22H25N3O3/c1-14(2)21-25-19-12-16(8-9-20(19)28-21)23-17-10-18(11-17)24-22(26)27-13-15-6-4-3-5-7-15/h3-9,12,14,17-18,23H,10-11,13H2,1-2H3,(H,24,26). The Kier molecular flexibility index (Phi) is 5.19. The summed E-state index contributed by atoms with van der Waals surface area (Å²) in [6, 6.07) is 16.1. The van der Waals surface area contributed by atoms with Crippen molar-refractivity contribution in [3.8, 4) is 0 Å². The van der Waals surface area contributed by atoms with E-state index in [1.807, 2.05) is 48.5 Å². The first kappa shape index (κ1) is 18.3. The van der Waals surface area contributed by atoms with E-state index in [-0.39, 0.29) is 24.7 Å². The summed E-state index contributed by atoms with van der Waals surface area (Å²) in [6.45, 7) is 4.42. The van der Waals surface area contributed by atoms with E-state index < -0.39 is 0 Å². The fourth-order valence-corrected chi connectivity index (χ4v) is 3.30. The second-order valence-corrected chi connectivity index (χ2v) is 7.60. The van der Waals surface area contributed by atoms with Crippen LogP contribution in [-0.4, -0.2) is 23.2 Å². The van der Waals surface area contributed by atoms with Gasteiger partial charge in [-0.05, 0) is 36.6 Å². The SMILES string of the molecule is CC(C)c1nc2cc(NC3CC(NC(=O)OCc4ccccc4)C3)ccc2o1. The van der Waals surface area contributed by atoms with Crippen LogP contribution in [0.15, 0.2) is 52.9 Å². The van der Waals surface area contributed by atoms with Gasteiger partial charge in [-0.3, -0.25) is 0 Å². The molecule has 6 heteroatoms. The van der Waals surface area contributed by atoms with Crippen LogP contribution in [0, 0.1) is 0 Å². The van der Waals surface area contributed by atoms with E-state index in [2.05, 4.69) is 29.5 Å². The third-order valence-corrected chi connectivity index (χ3v) is 4.94. The summed E-state index contributed by atoms with van der Waals surface area (Å²) in [5.74, 6) is 1.03. The van der Waals surface area contributed by atoms with Gasteiger partial charge >= 0.3 is 6.09 Å². The van der Waals surface area contributed by atoms with Crippen molar-refractivity contribution < 1.29 is 13.9 Å². The molecule has 0 atom stereocenters. The minimum absolute atomic E-state index is 0.143. The number of carbonyl (C=O) groups excluding carboxylic acids is 1. The molecule has 0 spiro atoms. The minimum Gasteiger partial charge on any atom is -0.445 e. The lowest BCUT2D eigenvalue weighted by atomic mass is 9.86. The zero-order chi connectivity index (χ0) is 19.5. The molecule has 2 N–H and O–H groups in total. The highest BCUT2D eigenvalue weighted by atomic mass is 16.5. The fraction of sp³-hybridized carbons (Fsp3) is 0.364. The lowest BCUT2D eigenvalue weighted by Crippen LogP contribution is -2.49. The Morgan fingerprint density at radius 2 is 1.96 bits per heavy atom. The van der Waals surface area contributed by atoms with Crippen molar-refractivity contribution in [3.63, 3.8) is 0 Å². The molecule has 0 saturated heterocycles. The van der Waals surface area contributed by atoms with E-state index >= 15 is 0 Å². The Balaban J connectivity index is 1.23. The monoisotopic (exact) mass is 379 g/mol. The minimum atomic E-state index is -0.363. The summed E-state index contributed by atoms with van der Waals surface area (Å²) < 4.78 is 11.0. The number of amides is 1. The number of anilines is 1. The molecular weight excluding hydrogens is 354 g/mol. The molecule has 1 amide bonds. The van der Waals surface area contributed by atoms with E-state index in [0.29, 0.717) is 6.04 Å². The van der Waals surface area contributed by atoms with Gasteiger partial charge in [0.2, 0.25) is 0 Å². The number of oxazole rings is 1. The van der Waals surface area contributed by atoms with Crippen molar-refractivity contribution in [2.75, 3.05) is 5.32 Å². The zero-order valence-electron chi connectivity index (χ0n) is 16.1. The van der Waals surface area contributed by atoms with Gasteiger partial charge < -0.3 is 19.8 Å². The van der Waals surface area contributed by atoms with Gasteiger partial charge in [-0.15, -0.1) is 0 Å². The first-order valence-corrected chi connectivity index (χ1v) is 9.71. The number of carbonyl (C=O) groups is 1. The molecule has 6 nitrogen and oxygen atoms in total. The molecule has 1 aromatic heterocycles. The van der Waals surface area contributed by atoms with Gasteiger partial charge in [0.15, 0.2) is 11.5 Å². The second kappa shape index (κ2) is 7.92. The Morgan fingerprint density at radius 1 is 1.18 bits per heavy atom. The number of hydrogen-bond acceptors (Lipinski definition) is 5. The zero-order valence-corrected chi connectivity index (χ0v) is 16.1. The number of ether oxygens (including phenoxy) is 1. The molecule has 4 rings (SSSR count). The normalized spacial score (nSPS) is 18.7. The van der Waals surface area contributed by atoms with Crippen LogP contribution in [-0.2, 0) is 11.3 Å². The molecule has 3 aromatic rings.